The Balaban J connectivity index is 1.74. The Labute approximate surface area is 190 Å². The summed E-state index contributed by atoms with van der Waals surface area (Å²) in [6, 6.07) is 23.6. The van der Waals surface area contributed by atoms with E-state index in [9.17, 15) is 9.59 Å². The van der Waals surface area contributed by atoms with Gasteiger partial charge in [-0.3, -0.25) is 14.5 Å². The van der Waals surface area contributed by atoms with E-state index >= 15 is 0 Å². The van der Waals surface area contributed by atoms with E-state index in [1.54, 1.807) is 4.90 Å². The molecule has 0 fully saturated rings. The number of amides is 2. The van der Waals surface area contributed by atoms with Crippen LogP contribution in [0.4, 0.5) is 5.69 Å². The zero-order valence-electron chi connectivity index (χ0n) is 19.2. The van der Waals surface area contributed by atoms with E-state index in [0.717, 1.165) is 27.9 Å². The summed E-state index contributed by atoms with van der Waals surface area (Å²) in [7, 11) is 0. The fraction of sp³-hybridized carbons (Fsp3) is 0.286. The van der Waals surface area contributed by atoms with Crippen LogP contribution in [0.2, 0.25) is 0 Å². The molecule has 0 unspecified atom stereocenters. The molecule has 4 nitrogen and oxygen atoms in total. The van der Waals surface area contributed by atoms with Crippen molar-refractivity contribution in [2.45, 2.75) is 52.1 Å². The van der Waals surface area contributed by atoms with Gasteiger partial charge >= 0.3 is 0 Å². The molecule has 4 rings (SSSR count). The van der Waals surface area contributed by atoms with E-state index in [4.69, 9.17) is 0 Å². The van der Waals surface area contributed by atoms with Crippen LogP contribution in [0.1, 0.15) is 59.3 Å². The Bertz CT molecular complexity index is 1170. The average Bonchev–Trinajstić information content (AvgIpc) is 2.78. The second-order valence-electron chi connectivity index (χ2n) is 9.11. The van der Waals surface area contributed by atoms with Gasteiger partial charge in [-0.25, -0.2) is 0 Å². The van der Waals surface area contributed by atoms with Crippen molar-refractivity contribution in [3.63, 3.8) is 0 Å². The van der Waals surface area contributed by atoms with Crippen LogP contribution in [-0.4, -0.2) is 17.4 Å². The van der Waals surface area contributed by atoms with Gasteiger partial charge in [0.2, 0.25) is 5.91 Å². The molecule has 0 saturated carbocycles. The smallest absolute Gasteiger partial charge is 0.259 e. The lowest BCUT2D eigenvalue weighted by Crippen LogP contribution is -2.63. The lowest BCUT2D eigenvalue weighted by Gasteiger charge is -2.44. The molecular weight excluding hydrogens is 396 g/mol. The predicted molar refractivity (Wildman–Crippen MR) is 129 cm³/mol. The van der Waals surface area contributed by atoms with Crippen LogP contribution in [0, 0.1) is 6.92 Å². The first-order chi connectivity index (χ1) is 15.3. The average molecular weight is 427 g/mol. The highest BCUT2D eigenvalue weighted by Gasteiger charge is 2.47. The number of fused-ring (bicyclic) bond motifs is 1. The number of nitrogens with zero attached hydrogens (tertiary/aromatic N) is 1. The second-order valence-corrected chi connectivity index (χ2v) is 9.11. The van der Waals surface area contributed by atoms with Crippen molar-refractivity contribution in [3.8, 4) is 0 Å². The fourth-order valence-corrected chi connectivity index (χ4v) is 4.46. The zero-order chi connectivity index (χ0) is 22.9. The topological polar surface area (TPSA) is 49.4 Å². The van der Waals surface area contributed by atoms with Gasteiger partial charge in [0.25, 0.3) is 5.91 Å². The number of aryl methyl sites for hydroxylation is 1. The molecule has 0 radical (unpaired) electrons. The van der Waals surface area contributed by atoms with Gasteiger partial charge in [-0.05, 0) is 60.2 Å². The van der Waals surface area contributed by atoms with Gasteiger partial charge in [0, 0.05) is 24.2 Å². The normalized spacial score (nSPS) is 17.9. The molecule has 1 N–H and O–H groups in total. The van der Waals surface area contributed by atoms with Gasteiger partial charge in [-0.2, -0.15) is 0 Å². The van der Waals surface area contributed by atoms with Gasteiger partial charge in [-0.1, -0.05) is 68.4 Å². The fourth-order valence-electron chi connectivity index (χ4n) is 4.46. The SMILES string of the molecule is Cc1ccccc1CNC(=O)[C@]1(C)Cc2ccccc2C(=O)N1c1cccc(C(C)C)c1. The van der Waals surface area contributed by atoms with Crippen molar-refractivity contribution in [1.29, 1.82) is 0 Å². The number of carbonyl (C=O) groups excluding carboxylic acids is 2. The van der Waals surface area contributed by atoms with Crippen LogP contribution in [-0.2, 0) is 17.8 Å². The number of benzene rings is 3. The molecule has 32 heavy (non-hydrogen) atoms. The molecule has 164 valence electrons. The summed E-state index contributed by atoms with van der Waals surface area (Å²) < 4.78 is 0. The number of nitrogens with one attached hydrogen (secondary N) is 1. The molecule has 3 aromatic rings. The zero-order valence-corrected chi connectivity index (χ0v) is 19.2. The molecule has 0 aliphatic carbocycles. The van der Waals surface area contributed by atoms with Crippen LogP contribution in [0.25, 0.3) is 0 Å². The van der Waals surface area contributed by atoms with Crippen LogP contribution in [0.3, 0.4) is 0 Å². The van der Waals surface area contributed by atoms with Crippen LogP contribution < -0.4 is 10.2 Å². The monoisotopic (exact) mass is 426 g/mol. The van der Waals surface area contributed by atoms with Crippen molar-refractivity contribution < 1.29 is 9.59 Å². The molecule has 1 aliphatic rings. The standard InChI is InChI=1S/C28H30N2O2/c1-19(2)21-13-9-14-24(16-21)30-26(31)25-15-8-7-11-22(25)17-28(30,4)27(32)29-18-23-12-6-5-10-20(23)3/h5-16,19H,17-18H2,1-4H3,(H,29,32)/t28-/m0/s1. The number of anilines is 1. The first-order valence-corrected chi connectivity index (χ1v) is 11.2. The lowest BCUT2D eigenvalue weighted by atomic mass is 9.82. The van der Waals surface area contributed by atoms with Crippen molar-refractivity contribution in [1.82, 2.24) is 5.32 Å². The summed E-state index contributed by atoms with van der Waals surface area (Å²) in [5, 5.41) is 3.11. The maximum absolute atomic E-state index is 13.7. The molecule has 1 aliphatic heterocycles. The Morgan fingerprint density at radius 3 is 2.50 bits per heavy atom. The van der Waals surface area contributed by atoms with Crippen LogP contribution in [0.15, 0.2) is 72.8 Å². The molecule has 1 atom stereocenters. The van der Waals surface area contributed by atoms with Crippen molar-refractivity contribution in [3.05, 3.63) is 101 Å². The molecule has 2 amide bonds. The third-order valence-corrected chi connectivity index (χ3v) is 6.46. The first-order valence-electron chi connectivity index (χ1n) is 11.2. The van der Waals surface area contributed by atoms with E-state index < -0.39 is 5.54 Å². The number of carbonyl (C=O) groups is 2. The van der Waals surface area contributed by atoms with Crippen molar-refractivity contribution in [2.75, 3.05) is 4.90 Å². The molecule has 0 spiro atoms. The predicted octanol–water partition coefficient (Wildman–Crippen LogP) is 5.40. The van der Waals surface area contributed by atoms with Gasteiger partial charge in [0.1, 0.15) is 5.54 Å². The minimum absolute atomic E-state index is 0.138. The van der Waals surface area contributed by atoms with E-state index in [2.05, 4.69) is 25.2 Å². The van der Waals surface area contributed by atoms with E-state index in [1.165, 1.54) is 0 Å². The van der Waals surface area contributed by atoms with Gasteiger partial charge < -0.3 is 5.32 Å². The van der Waals surface area contributed by atoms with E-state index in [-0.39, 0.29) is 11.8 Å². The molecule has 0 saturated heterocycles. The summed E-state index contributed by atoms with van der Waals surface area (Å²) in [5.41, 5.74) is 4.61. The first kappa shape index (κ1) is 21.8. The van der Waals surface area contributed by atoms with E-state index in [0.29, 0.717) is 24.4 Å². The van der Waals surface area contributed by atoms with Gasteiger partial charge in [-0.15, -0.1) is 0 Å². The number of rotatable bonds is 5. The Hall–Kier alpha value is -3.40. The maximum Gasteiger partial charge on any atom is 0.259 e. The minimum atomic E-state index is -1.04. The lowest BCUT2D eigenvalue weighted by molar-refractivity contribution is -0.126. The van der Waals surface area contributed by atoms with Crippen LogP contribution >= 0.6 is 0 Å². The quantitative estimate of drug-likeness (QED) is 0.594. The second kappa shape index (κ2) is 8.62. The highest BCUT2D eigenvalue weighted by atomic mass is 16.2. The van der Waals surface area contributed by atoms with Crippen LogP contribution in [0.5, 0.6) is 0 Å². The molecule has 0 bridgehead atoms. The minimum Gasteiger partial charge on any atom is -0.350 e. The molecular formula is C28H30N2O2. The summed E-state index contributed by atoms with van der Waals surface area (Å²) in [4.78, 5) is 29.0. The Kier molecular flexibility index (Phi) is 5.88. The van der Waals surface area contributed by atoms with Crippen molar-refractivity contribution in [2.24, 2.45) is 0 Å². The van der Waals surface area contributed by atoms with Crippen molar-refractivity contribution >= 4 is 17.5 Å². The molecule has 1 heterocycles. The highest BCUT2D eigenvalue weighted by Crippen LogP contribution is 2.36. The maximum atomic E-state index is 13.7. The highest BCUT2D eigenvalue weighted by molar-refractivity contribution is 6.14. The largest absolute Gasteiger partial charge is 0.350 e. The third kappa shape index (κ3) is 3.93. The van der Waals surface area contributed by atoms with E-state index in [1.807, 2.05) is 80.6 Å². The molecule has 4 heteroatoms. The van der Waals surface area contributed by atoms with Gasteiger partial charge in [0.05, 0.1) is 0 Å². The number of hydrogen-bond donors (Lipinski definition) is 1. The Morgan fingerprint density at radius 1 is 1.03 bits per heavy atom. The Morgan fingerprint density at radius 2 is 1.75 bits per heavy atom. The molecule has 0 aromatic heterocycles. The summed E-state index contributed by atoms with van der Waals surface area (Å²) >= 11 is 0. The number of hydrogen-bond acceptors (Lipinski definition) is 2. The third-order valence-electron chi connectivity index (χ3n) is 6.46. The summed E-state index contributed by atoms with van der Waals surface area (Å²) in [6.07, 6.45) is 0.459. The summed E-state index contributed by atoms with van der Waals surface area (Å²) in [6.45, 7) is 8.58. The summed E-state index contributed by atoms with van der Waals surface area (Å²) in [5.74, 6) is 0.0307. The van der Waals surface area contributed by atoms with Gasteiger partial charge in [0.15, 0.2) is 0 Å². The molecule has 3 aromatic carbocycles.